The first-order chi connectivity index (χ1) is 9.79. The Morgan fingerprint density at radius 1 is 1.35 bits per heavy atom. The van der Waals surface area contributed by atoms with Gasteiger partial charge >= 0.3 is 0 Å². The number of rotatable bonds is 3. The molecule has 4 rings (SSSR count). The smallest absolute Gasteiger partial charge is 0.183 e. The summed E-state index contributed by atoms with van der Waals surface area (Å²) in [6.45, 7) is 3.95. The van der Waals surface area contributed by atoms with Gasteiger partial charge in [-0.15, -0.1) is 10.2 Å². The first kappa shape index (κ1) is 11.8. The first-order valence-electron chi connectivity index (χ1n) is 6.78. The Balaban J connectivity index is 1.44. The highest BCUT2D eigenvalue weighted by atomic mass is 32.1. The summed E-state index contributed by atoms with van der Waals surface area (Å²) in [5.41, 5.74) is 1.07. The fourth-order valence-electron chi connectivity index (χ4n) is 2.71. The number of thiazole rings is 1. The molecule has 1 aliphatic heterocycles. The SMILES string of the molecule is Cc1nnc2n1CC(CNc1nc3ccccc3s1)C2. The number of hydrogen-bond donors (Lipinski definition) is 1. The monoisotopic (exact) mass is 285 g/mol. The van der Waals surface area contributed by atoms with Gasteiger partial charge in [0.2, 0.25) is 0 Å². The van der Waals surface area contributed by atoms with E-state index in [2.05, 4.69) is 43.3 Å². The molecule has 3 aromatic rings. The Morgan fingerprint density at radius 2 is 2.25 bits per heavy atom. The summed E-state index contributed by atoms with van der Waals surface area (Å²) in [6, 6.07) is 8.24. The van der Waals surface area contributed by atoms with Crippen molar-refractivity contribution in [2.45, 2.75) is 19.9 Å². The Bertz CT molecular complexity index is 727. The molecule has 1 N–H and O–H groups in total. The van der Waals surface area contributed by atoms with Crippen molar-refractivity contribution in [2.75, 3.05) is 11.9 Å². The van der Waals surface area contributed by atoms with Crippen LogP contribution in [0.1, 0.15) is 11.6 Å². The fourth-order valence-corrected chi connectivity index (χ4v) is 3.58. The summed E-state index contributed by atoms with van der Waals surface area (Å²) in [5.74, 6) is 2.70. The lowest BCUT2D eigenvalue weighted by Crippen LogP contribution is -2.16. The Hall–Kier alpha value is -1.95. The molecule has 0 bridgehead atoms. The van der Waals surface area contributed by atoms with Gasteiger partial charge in [-0.2, -0.15) is 0 Å². The predicted octanol–water partition coefficient (Wildman–Crippen LogP) is 2.48. The molecule has 1 aromatic carbocycles. The largest absolute Gasteiger partial charge is 0.361 e. The third kappa shape index (κ3) is 1.96. The molecule has 0 amide bonds. The number of aromatic nitrogens is 4. The number of para-hydroxylation sites is 1. The quantitative estimate of drug-likeness (QED) is 0.803. The van der Waals surface area contributed by atoms with Crippen LogP contribution in [0.3, 0.4) is 0 Å². The predicted molar refractivity (Wildman–Crippen MR) is 80.1 cm³/mol. The molecule has 0 aliphatic carbocycles. The van der Waals surface area contributed by atoms with E-state index in [1.54, 1.807) is 11.3 Å². The van der Waals surface area contributed by atoms with Crippen molar-refractivity contribution < 1.29 is 0 Å². The molecular formula is C14H15N5S. The topological polar surface area (TPSA) is 55.6 Å². The Morgan fingerprint density at radius 3 is 3.10 bits per heavy atom. The van der Waals surface area contributed by atoms with Gasteiger partial charge in [0.25, 0.3) is 0 Å². The highest BCUT2D eigenvalue weighted by molar-refractivity contribution is 7.22. The number of fused-ring (bicyclic) bond motifs is 2. The maximum absolute atomic E-state index is 4.60. The number of nitrogens with one attached hydrogen (secondary N) is 1. The third-order valence-corrected chi connectivity index (χ3v) is 4.75. The molecule has 102 valence electrons. The van der Waals surface area contributed by atoms with Crippen LogP contribution in [0.25, 0.3) is 10.2 Å². The van der Waals surface area contributed by atoms with Crippen LogP contribution >= 0.6 is 11.3 Å². The van der Waals surface area contributed by atoms with Crippen LogP contribution in [-0.4, -0.2) is 26.3 Å². The standard InChI is InChI=1S/C14H15N5S/c1-9-17-18-13-6-10(8-19(9)13)7-15-14-16-11-4-2-3-5-12(11)20-14/h2-5,10H,6-8H2,1H3,(H,15,16). The van der Waals surface area contributed by atoms with Crippen LogP contribution in [0.4, 0.5) is 5.13 Å². The van der Waals surface area contributed by atoms with Crippen LogP contribution < -0.4 is 5.32 Å². The average Bonchev–Trinajstić information content (AvgIpc) is 3.12. The molecule has 1 unspecified atom stereocenters. The van der Waals surface area contributed by atoms with Crippen molar-refractivity contribution >= 4 is 26.7 Å². The van der Waals surface area contributed by atoms with E-state index < -0.39 is 0 Å². The minimum Gasteiger partial charge on any atom is -0.361 e. The lowest BCUT2D eigenvalue weighted by molar-refractivity contribution is 0.527. The number of aryl methyl sites for hydroxylation is 1. The van der Waals surface area contributed by atoms with E-state index in [1.807, 2.05) is 13.0 Å². The molecule has 0 spiro atoms. The van der Waals surface area contributed by atoms with Crippen molar-refractivity contribution in [1.82, 2.24) is 19.7 Å². The lowest BCUT2D eigenvalue weighted by atomic mass is 10.1. The minimum atomic E-state index is 0.575. The lowest BCUT2D eigenvalue weighted by Gasteiger charge is -2.09. The zero-order chi connectivity index (χ0) is 13.5. The molecule has 20 heavy (non-hydrogen) atoms. The molecule has 0 saturated heterocycles. The Labute approximate surface area is 120 Å². The summed E-state index contributed by atoms with van der Waals surface area (Å²) in [5, 5.41) is 12.8. The molecule has 0 radical (unpaired) electrons. The molecule has 0 fully saturated rings. The second-order valence-electron chi connectivity index (χ2n) is 5.21. The van der Waals surface area contributed by atoms with Gasteiger partial charge < -0.3 is 9.88 Å². The van der Waals surface area contributed by atoms with Crippen molar-refractivity contribution in [2.24, 2.45) is 5.92 Å². The number of benzene rings is 1. The minimum absolute atomic E-state index is 0.575. The van der Waals surface area contributed by atoms with E-state index in [4.69, 9.17) is 0 Å². The molecule has 5 nitrogen and oxygen atoms in total. The van der Waals surface area contributed by atoms with Crippen LogP contribution in [0.2, 0.25) is 0 Å². The van der Waals surface area contributed by atoms with Crippen LogP contribution in [-0.2, 0) is 13.0 Å². The maximum atomic E-state index is 4.60. The van der Waals surface area contributed by atoms with E-state index in [-0.39, 0.29) is 0 Å². The fraction of sp³-hybridized carbons (Fsp3) is 0.357. The summed E-state index contributed by atoms with van der Waals surface area (Å²) in [7, 11) is 0. The van der Waals surface area contributed by atoms with Gasteiger partial charge in [0, 0.05) is 25.4 Å². The number of hydrogen-bond acceptors (Lipinski definition) is 5. The van der Waals surface area contributed by atoms with Gasteiger partial charge in [-0.3, -0.25) is 0 Å². The average molecular weight is 285 g/mol. The van der Waals surface area contributed by atoms with E-state index in [1.165, 1.54) is 4.70 Å². The molecule has 6 heteroatoms. The van der Waals surface area contributed by atoms with E-state index in [0.29, 0.717) is 5.92 Å². The van der Waals surface area contributed by atoms with Gasteiger partial charge in [-0.05, 0) is 19.1 Å². The Kier molecular flexibility index (Phi) is 2.70. The number of nitrogens with zero attached hydrogens (tertiary/aromatic N) is 4. The van der Waals surface area contributed by atoms with Crippen LogP contribution in [0.5, 0.6) is 0 Å². The second kappa shape index (κ2) is 4.56. The van der Waals surface area contributed by atoms with E-state index in [9.17, 15) is 0 Å². The molecule has 1 atom stereocenters. The molecule has 2 aromatic heterocycles. The van der Waals surface area contributed by atoms with Crippen molar-refractivity contribution in [3.63, 3.8) is 0 Å². The zero-order valence-electron chi connectivity index (χ0n) is 11.2. The van der Waals surface area contributed by atoms with Crippen LogP contribution in [0.15, 0.2) is 24.3 Å². The van der Waals surface area contributed by atoms with E-state index >= 15 is 0 Å². The van der Waals surface area contributed by atoms with Gasteiger partial charge in [-0.25, -0.2) is 4.98 Å². The number of anilines is 1. The summed E-state index contributed by atoms with van der Waals surface area (Å²) >= 11 is 1.71. The first-order valence-corrected chi connectivity index (χ1v) is 7.59. The van der Waals surface area contributed by atoms with Crippen LogP contribution in [0, 0.1) is 12.8 Å². The summed E-state index contributed by atoms with van der Waals surface area (Å²) in [6.07, 6.45) is 0.999. The zero-order valence-corrected chi connectivity index (χ0v) is 12.0. The normalized spacial score (nSPS) is 17.6. The third-order valence-electron chi connectivity index (χ3n) is 3.76. The highest BCUT2D eigenvalue weighted by Crippen LogP contribution is 2.26. The van der Waals surface area contributed by atoms with Crippen molar-refractivity contribution in [3.05, 3.63) is 35.9 Å². The summed E-state index contributed by atoms with van der Waals surface area (Å²) in [4.78, 5) is 4.60. The van der Waals surface area contributed by atoms with Crippen molar-refractivity contribution in [1.29, 1.82) is 0 Å². The van der Waals surface area contributed by atoms with Gasteiger partial charge in [-0.1, -0.05) is 23.5 Å². The van der Waals surface area contributed by atoms with Gasteiger partial charge in [0.1, 0.15) is 11.6 Å². The van der Waals surface area contributed by atoms with Gasteiger partial charge in [0.15, 0.2) is 5.13 Å². The second-order valence-corrected chi connectivity index (χ2v) is 6.24. The van der Waals surface area contributed by atoms with Crippen molar-refractivity contribution in [3.8, 4) is 0 Å². The summed E-state index contributed by atoms with van der Waals surface area (Å²) < 4.78 is 3.44. The molecular weight excluding hydrogens is 270 g/mol. The maximum Gasteiger partial charge on any atom is 0.183 e. The highest BCUT2D eigenvalue weighted by Gasteiger charge is 2.24. The van der Waals surface area contributed by atoms with Gasteiger partial charge in [0.05, 0.1) is 10.2 Å². The molecule has 1 aliphatic rings. The van der Waals surface area contributed by atoms with E-state index in [0.717, 1.165) is 41.8 Å². The molecule has 3 heterocycles. The molecule has 0 saturated carbocycles.